The first-order chi connectivity index (χ1) is 12.7. The number of aliphatic imine (C=N–C) groups is 1. The van der Waals surface area contributed by atoms with E-state index in [4.69, 9.17) is 4.74 Å². The summed E-state index contributed by atoms with van der Waals surface area (Å²) in [7, 11) is 1.44. The minimum absolute atomic E-state index is 0.00421. The van der Waals surface area contributed by atoms with E-state index in [1.807, 2.05) is 19.1 Å². The van der Waals surface area contributed by atoms with Crippen molar-refractivity contribution >= 4 is 23.7 Å². The van der Waals surface area contributed by atoms with Gasteiger partial charge in [-0.15, -0.1) is 0 Å². The third kappa shape index (κ3) is 6.20. The third-order valence-electron chi connectivity index (χ3n) is 4.38. The second-order valence-electron chi connectivity index (χ2n) is 6.16. The molecule has 2 rings (SSSR count). The van der Waals surface area contributed by atoms with Gasteiger partial charge < -0.3 is 15.0 Å². The van der Waals surface area contributed by atoms with E-state index in [-0.39, 0.29) is 17.7 Å². The number of ether oxygens (including phenoxy) is 1. The van der Waals surface area contributed by atoms with Crippen LogP contribution < -0.4 is 5.32 Å². The fourth-order valence-corrected chi connectivity index (χ4v) is 3.75. The predicted octanol–water partition coefficient (Wildman–Crippen LogP) is 2.91. The Morgan fingerprint density at radius 3 is 2.77 bits per heavy atom. The zero-order valence-corrected chi connectivity index (χ0v) is 16.4. The molecular weight excluding hydrogens is 353 g/mol. The molecule has 1 aromatic rings. The van der Waals surface area contributed by atoms with Crippen molar-refractivity contribution < 1.29 is 13.9 Å². The van der Waals surface area contributed by atoms with Gasteiger partial charge in [-0.1, -0.05) is 18.2 Å². The van der Waals surface area contributed by atoms with Gasteiger partial charge in [-0.3, -0.25) is 9.79 Å². The lowest BCUT2D eigenvalue weighted by Crippen LogP contribution is -2.46. The molecule has 0 spiro atoms. The van der Waals surface area contributed by atoms with Crippen LogP contribution >= 0.6 is 11.8 Å². The number of thioether (sulfide) groups is 1. The third-order valence-corrected chi connectivity index (χ3v) is 5.36. The van der Waals surface area contributed by atoms with Crippen LogP contribution in [0.2, 0.25) is 0 Å². The van der Waals surface area contributed by atoms with Gasteiger partial charge in [0.05, 0.1) is 19.6 Å². The number of hydrogen-bond acceptors (Lipinski definition) is 4. The SMILES string of the molecule is CCNC(=NCCSCc1ccccc1F)N1CCC(C(=O)OC)CC1. The standard InChI is InChI=1S/C19H28FN3O2S/c1-3-21-19(23-11-8-15(9-12-23)18(24)25-2)22-10-13-26-14-16-6-4-5-7-17(16)20/h4-7,15H,3,8-14H2,1-2H3,(H,21,22). The molecule has 0 aromatic heterocycles. The molecule has 1 fully saturated rings. The number of esters is 1. The van der Waals surface area contributed by atoms with E-state index in [1.54, 1.807) is 17.8 Å². The highest BCUT2D eigenvalue weighted by Crippen LogP contribution is 2.19. The number of benzene rings is 1. The van der Waals surface area contributed by atoms with Crippen LogP contribution in [0.4, 0.5) is 4.39 Å². The summed E-state index contributed by atoms with van der Waals surface area (Å²) < 4.78 is 18.4. The lowest BCUT2D eigenvalue weighted by molar-refractivity contribution is -0.146. The largest absolute Gasteiger partial charge is 0.469 e. The normalized spacial score (nSPS) is 15.8. The van der Waals surface area contributed by atoms with Gasteiger partial charge in [0.2, 0.25) is 0 Å². The van der Waals surface area contributed by atoms with Crippen molar-refractivity contribution in [1.29, 1.82) is 0 Å². The quantitative estimate of drug-likeness (QED) is 0.341. The van der Waals surface area contributed by atoms with E-state index in [2.05, 4.69) is 15.2 Å². The number of rotatable bonds is 7. The Hall–Kier alpha value is -1.76. The molecule has 5 nitrogen and oxygen atoms in total. The molecule has 1 aliphatic heterocycles. The number of methoxy groups -OCH3 is 1. The van der Waals surface area contributed by atoms with Gasteiger partial charge in [-0.2, -0.15) is 11.8 Å². The number of guanidine groups is 1. The number of halogens is 1. The second-order valence-corrected chi connectivity index (χ2v) is 7.27. The molecule has 0 atom stereocenters. The van der Waals surface area contributed by atoms with E-state index in [0.29, 0.717) is 12.3 Å². The Bertz CT molecular complexity index is 604. The average Bonchev–Trinajstić information content (AvgIpc) is 2.67. The van der Waals surface area contributed by atoms with Crippen molar-refractivity contribution in [2.45, 2.75) is 25.5 Å². The molecule has 0 unspecified atom stereocenters. The molecule has 1 heterocycles. The Kier molecular flexibility index (Phi) is 8.74. The van der Waals surface area contributed by atoms with Crippen molar-refractivity contribution in [3.8, 4) is 0 Å². The molecule has 0 amide bonds. The van der Waals surface area contributed by atoms with Crippen molar-refractivity contribution in [1.82, 2.24) is 10.2 Å². The topological polar surface area (TPSA) is 53.9 Å². The highest BCUT2D eigenvalue weighted by molar-refractivity contribution is 7.98. The summed E-state index contributed by atoms with van der Waals surface area (Å²) in [5, 5.41) is 3.32. The van der Waals surface area contributed by atoms with Gasteiger partial charge in [0, 0.05) is 31.1 Å². The van der Waals surface area contributed by atoms with Crippen molar-refractivity contribution in [3.63, 3.8) is 0 Å². The van der Waals surface area contributed by atoms with Crippen LogP contribution in [0.25, 0.3) is 0 Å². The Balaban J connectivity index is 1.78. The van der Waals surface area contributed by atoms with Gasteiger partial charge in [-0.25, -0.2) is 4.39 Å². The molecular formula is C19H28FN3O2S. The number of carbonyl (C=O) groups is 1. The number of nitrogens with zero attached hydrogens (tertiary/aromatic N) is 2. The van der Waals surface area contributed by atoms with Crippen LogP contribution in [0.15, 0.2) is 29.3 Å². The van der Waals surface area contributed by atoms with Crippen molar-refractivity contribution in [3.05, 3.63) is 35.6 Å². The van der Waals surface area contributed by atoms with Crippen LogP contribution in [0, 0.1) is 11.7 Å². The minimum atomic E-state index is -0.148. The first-order valence-corrected chi connectivity index (χ1v) is 10.2. The molecule has 0 bridgehead atoms. The average molecular weight is 382 g/mol. The van der Waals surface area contributed by atoms with Crippen molar-refractivity contribution in [2.24, 2.45) is 10.9 Å². The molecule has 1 aromatic carbocycles. The fourth-order valence-electron chi connectivity index (χ4n) is 2.93. The minimum Gasteiger partial charge on any atom is -0.469 e. The van der Waals surface area contributed by atoms with E-state index in [0.717, 1.165) is 49.8 Å². The molecule has 1 saturated heterocycles. The Morgan fingerprint density at radius 2 is 2.12 bits per heavy atom. The smallest absolute Gasteiger partial charge is 0.308 e. The highest BCUT2D eigenvalue weighted by Gasteiger charge is 2.26. The van der Waals surface area contributed by atoms with Gasteiger partial charge in [0.25, 0.3) is 0 Å². The lowest BCUT2D eigenvalue weighted by atomic mass is 9.97. The van der Waals surface area contributed by atoms with Crippen LogP contribution in [0.1, 0.15) is 25.3 Å². The molecule has 0 saturated carbocycles. The molecule has 0 aliphatic carbocycles. The highest BCUT2D eigenvalue weighted by atomic mass is 32.2. The summed E-state index contributed by atoms with van der Waals surface area (Å²) in [5.74, 6) is 2.12. The number of hydrogen-bond donors (Lipinski definition) is 1. The van der Waals surface area contributed by atoms with Crippen LogP contribution in [0.3, 0.4) is 0 Å². The van der Waals surface area contributed by atoms with Gasteiger partial charge in [0.1, 0.15) is 5.82 Å². The summed E-state index contributed by atoms with van der Waals surface area (Å²) in [6.45, 7) is 5.13. The number of piperidine rings is 1. The molecule has 7 heteroatoms. The molecule has 26 heavy (non-hydrogen) atoms. The van der Waals surface area contributed by atoms with Crippen LogP contribution in [0.5, 0.6) is 0 Å². The molecule has 144 valence electrons. The Morgan fingerprint density at radius 1 is 1.38 bits per heavy atom. The summed E-state index contributed by atoms with van der Waals surface area (Å²) >= 11 is 1.68. The second kappa shape index (κ2) is 11.1. The molecule has 1 aliphatic rings. The first kappa shape index (κ1) is 20.6. The summed E-state index contributed by atoms with van der Waals surface area (Å²) in [6, 6.07) is 6.88. The summed E-state index contributed by atoms with van der Waals surface area (Å²) in [6.07, 6.45) is 1.58. The summed E-state index contributed by atoms with van der Waals surface area (Å²) in [4.78, 5) is 18.5. The molecule has 1 N–H and O–H groups in total. The maximum Gasteiger partial charge on any atom is 0.308 e. The molecule has 0 radical (unpaired) electrons. The van der Waals surface area contributed by atoms with Gasteiger partial charge in [-0.05, 0) is 31.4 Å². The lowest BCUT2D eigenvalue weighted by Gasteiger charge is -2.33. The van der Waals surface area contributed by atoms with Crippen molar-refractivity contribution in [2.75, 3.05) is 39.0 Å². The monoisotopic (exact) mass is 381 g/mol. The van der Waals surface area contributed by atoms with E-state index >= 15 is 0 Å². The zero-order valence-electron chi connectivity index (χ0n) is 15.5. The van der Waals surface area contributed by atoms with E-state index in [9.17, 15) is 9.18 Å². The van der Waals surface area contributed by atoms with Crippen LogP contribution in [-0.4, -0.2) is 55.9 Å². The summed E-state index contributed by atoms with van der Waals surface area (Å²) in [5.41, 5.74) is 0.735. The Labute approximate surface area is 159 Å². The zero-order chi connectivity index (χ0) is 18.8. The fraction of sp³-hybridized carbons (Fsp3) is 0.579. The van der Waals surface area contributed by atoms with Crippen LogP contribution in [-0.2, 0) is 15.3 Å². The number of likely N-dealkylation sites (tertiary alicyclic amines) is 1. The maximum atomic E-state index is 13.6. The van der Waals surface area contributed by atoms with Gasteiger partial charge >= 0.3 is 5.97 Å². The van der Waals surface area contributed by atoms with Gasteiger partial charge in [0.15, 0.2) is 5.96 Å². The first-order valence-electron chi connectivity index (χ1n) is 9.08. The maximum absolute atomic E-state index is 13.6. The number of carbonyl (C=O) groups excluding carboxylic acids is 1. The van der Waals surface area contributed by atoms with E-state index < -0.39 is 0 Å². The predicted molar refractivity (Wildman–Crippen MR) is 105 cm³/mol. The number of nitrogens with one attached hydrogen (secondary N) is 1. The van der Waals surface area contributed by atoms with E-state index in [1.165, 1.54) is 13.2 Å².